The molecule has 3 nitrogen and oxygen atoms in total. The summed E-state index contributed by atoms with van der Waals surface area (Å²) in [5.74, 6) is 0.421. The van der Waals surface area contributed by atoms with Crippen LogP contribution in [-0.2, 0) is 0 Å². The van der Waals surface area contributed by atoms with E-state index in [0.29, 0.717) is 5.92 Å². The van der Waals surface area contributed by atoms with Crippen LogP contribution >= 0.6 is 15.9 Å². The average Bonchev–Trinajstić information content (AvgIpc) is 2.21. The molecule has 0 aromatic heterocycles. The van der Waals surface area contributed by atoms with Gasteiger partial charge in [0.2, 0.25) is 0 Å². The van der Waals surface area contributed by atoms with E-state index in [1.165, 1.54) is 0 Å². The van der Waals surface area contributed by atoms with Gasteiger partial charge in [-0.2, -0.15) is 0 Å². The number of nitrogens with one attached hydrogen (secondary N) is 2. The van der Waals surface area contributed by atoms with E-state index in [2.05, 4.69) is 40.4 Å². The highest BCUT2D eigenvalue weighted by atomic mass is 79.9. The van der Waals surface area contributed by atoms with Gasteiger partial charge >= 0.3 is 6.03 Å². The Labute approximate surface area is 105 Å². The average molecular weight is 285 g/mol. The van der Waals surface area contributed by atoms with Crippen molar-refractivity contribution in [3.63, 3.8) is 0 Å². The summed E-state index contributed by atoms with van der Waals surface area (Å²) in [7, 11) is 0. The minimum absolute atomic E-state index is 0.155. The van der Waals surface area contributed by atoms with Crippen molar-refractivity contribution >= 4 is 27.6 Å². The van der Waals surface area contributed by atoms with Gasteiger partial charge in [0.25, 0.3) is 0 Å². The van der Waals surface area contributed by atoms with Crippen LogP contribution in [0.2, 0.25) is 0 Å². The van der Waals surface area contributed by atoms with Crippen LogP contribution in [0, 0.1) is 5.92 Å². The maximum atomic E-state index is 11.6. The molecule has 0 saturated heterocycles. The van der Waals surface area contributed by atoms with E-state index in [-0.39, 0.29) is 12.1 Å². The van der Waals surface area contributed by atoms with Crippen molar-refractivity contribution in [3.8, 4) is 0 Å². The standard InChI is InChI=1S/C12H17BrN2O/c1-8(2)9(3)14-12(16)15-11-7-5-4-6-10(11)13/h4-9H,1-3H3,(H2,14,15,16)/t9-/m0/s1. The fourth-order valence-corrected chi connectivity index (χ4v) is 1.48. The SMILES string of the molecule is CC(C)[C@H](C)NC(=O)Nc1ccccc1Br. The Morgan fingerprint density at radius 1 is 1.25 bits per heavy atom. The van der Waals surface area contributed by atoms with Crippen LogP contribution in [0.4, 0.5) is 10.5 Å². The summed E-state index contributed by atoms with van der Waals surface area (Å²) in [4.78, 5) is 11.6. The summed E-state index contributed by atoms with van der Waals surface area (Å²) in [5, 5.41) is 5.68. The number of benzene rings is 1. The maximum Gasteiger partial charge on any atom is 0.319 e. The van der Waals surface area contributed by atoms with Crippen LogP contribution in [0.5, 0.6) is 0 Å². The minimum atomic E-state index is -0.173. The molecule has 0 aliphatic rings. The number of halogens is 1. The number of carbonyl (C=O) groups is 1. The molecule has 0 unspecified atom stereocenters. The van der Waals surface area contributed by atoms with E-state index < -0.39 is 0 Å². The summed E-state index contributed by atoms with van der Waals surface area (Å²) < 4.78 is 0.877. The number of hydrogen-bond donors (Lipinski definition) is 2. The van der Waals surface area contributed by atoms with Crippen LogP contribution in [0.15, 0.2) is 28.7 Å². The van der Waals surface area contributed by atoms with Gasteiger partial charge in [0.1, 0.15) is 0 Å². The summed E-state index contributed by atoms with van der Waals surface area (Å²) in [6.07, 6.45) is 0. The molecule has 4 heteroatoms. The molecule has 0 aliphatic heterocycles. The van der Waals surface area contributed by atoms with E-state index in [0.717, 1.165) is 10.2 Å². The normalized spacial score (nSPS) is 12.3. The molecule has 0 aliphatic carbocycles. The Morgan fingerprint density at radius 3 is 2.44 bits per heavy atom. The van der Waals surface area contributed by atoms with E-state index in [4.69, 9.17) is 0 Å². The molecule has 0 radical (unpaired) electrons. The van der Waals surface area contributed by atoms with Crippen molar-refractivity contribution in [2.75, 3.05) is 5.32 Å². The summed E-state index contributed by atoms with van der Waals surface area (Å²) >= 11 is 3.38. The van der Waals surface area contributed by atoms with Crippen molar-refractivity contribution in [3.05, 3.63) is 28.7 Å². The van der Waals surface area contributed by atoms with Crippen molar-refractivity contribution in [2.45, 2.75) is 26.8 Å². The lowest BCUT2D eigenvalue weighted by Crippen LogP contribution is -2.39. The van der Waals surface area contributed by atoms with Crippen LogP contribution in [0.25, 0.3) is 0 Å². The third-order valence-corrected chi connectivity index (χ3v) is 3.17. The first kappa shape index (κ1) is 13.0. The highest BCUT2D eigenvalue weighted by Gasteiger charge is 2.11. The van der Waals surface area contributed by atoms with E-state index in [1.54, 1.807) is 0 Å². The Balaban J connectivity index is 2.55. The van der Waals surface area contributed by atoms with Crippen LogP contribution < -0.4 is 10.6 Å². The Morgan fingerprint density at radius 2 is 1.88 bits per heavy atom. The van der Waals surface area contributed by atoms with Gasteiger partial charge in [-0.1, -0.05) is 26.0 Å². The number of rotatable bonds is 3. The fraction of sp³-hybridized carbons (Fsp3) is 0.417. The van der Waals surface area contributed by atoms with Crippen LogP contribution in [0.1, 0.15) is 20.8 Å². The highest BCUT2D eigenvalue weighted by Crippen LogP contribution is 2.20. The van der Waals surface area contributed by atoms with Gasteiger partial charge in [0, 0.05) is 10.5 Å². The zero-order valence-corrected chi connectivity index (χ0v) is 11.3. The maximum absolute atomic E-state index is 11.6. The summed E-state index contributed by atoms with van der Waals surface area (Å²) in [5.41, 5.74) is 0.774. The van der Waals surface area contributed by atoms with Crippen molar-refractivity contribution in [1.82, 2.24) is 5.32 Å². The molecular weight excluding hydrogens is 268 g/mol. The molecule has 0 fully saturated rings. The number of hydrogen-bond acceptors (Lipinski definition) is 1. The van der Waals surface area contributed by atoms with Gasteiger partial charge < -0.3 is 10.6 Å². The number of anilines is 1. The summed E-state index contributed by atoms with van der Waals surface area (Å²) in [6, 6.07) is 7.51. The summed E-state index contributed by atoms with van der Waals surface area (Å²) in [6.45, 7) is 6.14. The lowest BCUT2D eigenvalue weighted by molar-refractivity contribution is 0.246. The Kier molecular flexibility index (Phi) is 4.80. The second kappa shape index (κ2) is 5.89. The third-order valence-electron chi connectivity index (χ3n) is 2.48. The van der Waals surface area contributed by atoms with Crippen molar-refractivity contribution in [1.29, 1.82) is 0 Å². The number of urea groups is 1. The third kappa shape index (κ3) is 3.85. The first-order valence-corrected chi connectivity index (χ1v) is 6.12. The molecule has 1 atom stereocenters. The van der Waals surface area contributed by atoms with Gasteiger partial charge in [-0.3, -0.25) is 0 Å². The minimum Gasteiger partial charge on any atom is -0.335 e. The van der Waals surface area contributed by atoms with Crippen molar-refractivity contribution in [2.24, 2.45) is 5.92 Å². The highest BCUT2D eigenvalue weighted by molar-refractivity contribution is 9.10. The smallest absolute Gasteiger partial charge is 0.319 e. The first-order valence-electron chi connectivity index (χ1n) is 5.32. The molecule has 0 bridgehead atoms. The van der Waals surface area contributed by atoms with Crippen LogP contribution in [0.3, 0.4) is 0 Å². The zero-order chi connectivity index (χ0) is 12.1. The monoisotopic (exact) mass is 284 g/mol. The second-order valence-corrected chi connectivity index (χ2v) is 4.97. The molecule has 0 spiro atoms. The van der Waals surface area contributed by atoms with E-state index >= 15 is 0 Å². The predicted molar refractivity (Wildman–Crippen MR) is 70.6 cm³/mol. The van der Waals surface area contributed by atoms with E-state index in [1.807, 2.05) is 31.2 Å². The lowest BCUT2D eigenvalue weighted by atomic mass is 10.1. The number of para-hydroxylation sites is 1. The molecule has 1 rings (SSSR count). The van der Waals surface area contributed by atoms with Gasteiger partial charge in [-0.05, 0) is 40.9 Å². The largest absolute Gasteiger partial charge is 0.335 e. The Bertz CT molecular complexity index is 366. The van der Waals surface area contributed by atoms with Crippen LogP contribution in [-0.4, -0.2) is 12.1 Å². The van der Waals surface area contributed by atoms with Crippen molar-refractivity contribution < 1.29 is 4.79 Å². The molecule has 0 heterocycles. The quantitative estimate of drug-likeness (QED) is 0.875. The molecule has 2 N–H and O–H groups in total. The molecule has 2 amide bonds. The molecular formula is C12H17BrN2O. The molecule has 16 heavy (non-hydrogen) atoms. The number of carbonyl (C=O) groups excluding carboxylic acids is 1. The molecule has 88 valence electrons. The zero-order valence-electron chi connectivity index (χ0n) is 9.75. The first-order chi connectivity index (χ1) is 7.50. The fourth-order valence-electron chi connectivity index (χ4n) is 1.09. The molecule has 0 saturated carbocycles. The van der Waals surface area contributed by atoms with Gasteiger partial charge in [0.05, 0.1) is 5.69 Å². The Hall–Kier alpha value is -1.03. The van der Waals surface area contributed by atoms with E-state index in [9.17, 15) is 4.79 Å². The second-order valence-electron chi connectivity index (χ2n) is 4.11. The predicted octanol–water partition coefficient (Wildman–Crippen LogP) is 3.62. The topological polar surface area (TPSA) is 41.1 Å². The molecule has 1 aromatic rings. The van der Waals surface area contributed by atoms with Gasteiger partial charge in [-0.15, -0.1) is 0 Å². The lowest BCUT2D eigenvalue weighted by Gasteiger charge is -2.18. The van der Waals surface area contributed by atoms with Gasteiger partial charge in [-0.25, -0.2) is 4.79 Å². The molecule has 1 aromatic carbocycles. The van der Waals surface area contributed by atoms with Gasteiger partial charge in [0.15, 0.2) is 0 Å². The number of amides is 2.